The van der Waals surface area contributed by atoms with Gasteiger partial charge in [0, 0.05) is 0 Å². The van der Waals surface area contributed by atoms with E-state index >= 15 is 0 Å². The zero-order valence-corrected chi connectivity index (χ0v) is 11.1. The fourth-order valence-electron chi connectivity index (χ4n) is 1.74. The average Bonchev–Trinajstić information content (AvgIpc) is 2.26. The summed E-state index contributed by atoms with van der Waals surface area (Å²) in [4.78, 5) is 0. The Kier molecular flexibility index (Phi) is 5.12. The Bertz CT molecular complexity index is 454. The summed E-state index contributed by atoms with van der Waals surface area (Å²) in [5.41, 5.74) is 0.741. The second-order valence-electron chi connectivity index (χ2n) is 4.42. The molecule has 0 aliphatic heterocycles. The summed E-state index contributed by atoms with van der Waals surface area (Å²) in [7, 11) is -3.03. The molecule has 1 aromatic rings. The summed E-state index contributed by atoms with van der Waals surface area (Å²) in [6.07, 6.45) is 1.56. The van der Waals surface area contributed by atoms with Crippen molar-refractivity contribution in [1.82, 2.24) is 0 Å². The molecule has 0 aliphatic rings. The van der Waals surface area contributed by atoms with E-state index in [0.717, 1.165) is 12.0 Å². The third-order valence-corrected chi connectivity index (χ3v) is 4.65. The van der Waals surface area contributed by atoms with Crippen LogP contribution < -0.4 is 0 Å². The van der Waals surface area contributed by atoms with Crippen molar-refractivity contribution in [2.45, 2.75) is 32.6 Å². The second-order valence-corrected chi connectivity index (χ2v) is 6.65. The van der Waals surface area contributed by atoms with Crippen LogP contribution in [0.2, 0.25) is 0 Å². The van der Waals surface area contributed by atoms with E-state index in [-0.39, 0.29) is 23.2 Å². The minimum Gasteiger partial charge on any atom is -0.229 e. The minimum atomic E-state index is -3.03. The van der Waals surface area contributed by atoms with Crippen molar-refractivity contribution in [3.8, 4) is 0 Å². The highest BCUT2D eigenvalue weighted by atomic mass is 32.2. The van der Waals surface area contributed by atoms with Gasteiger partial charge in [-0.15, -0.1) is 0 Å². The molecule has 0 bridgehead atoms. The summed E-state index contributed by atoms with van der Waals surface area (Å²) in [6, 6.07) is 6.14. The fraction of sp³-hybridized carbons (Fsp3) is 0.538. The Morgan fingerprint density at radius 2 is 2.06 bits per heavy atom. The molecule has 0 aromatic heterocycles. The Balaban J connectivity index is 2.69. The van der Waals surface area contributed by atoms with Gasteiger partial charge in [-0.3, -0.25) is 0 Å². The maximum Gasteiger partial charge on any atom is 0.150 e. The van der Waals surface area contributed by atoms with Crippen molar-refractivity contribution in [2.24, 2.45) is 0 Å². The molecule has 0 N–H and O–H groups in total. The first-order valence-corrected chi connectivity index (χ1v) is 7.72. The molecule has 17 heavy (non-hydrogen) atoms. The van der Waals surface area contributed by atoms with E-state index in [1.165, 1.54) is 12.1 Å². The van der Waals surface area contributed by atoms with Gasteiger partial charge < -0.3 is 0 Å². The van der Waals surface area contributed by atoms with Gasteiger partial charge in [0.25, 0.3) is 0 Å². The number of sulfone groups is 1. The van der Waals surface area contributed by atoms with Crippen LogP contribution in [0.1, 0.15) is 38.2 Å². The van der Waals surface area contributed by atoms with E-state index in [9.17, 15) is 12.8 Å². The Morgan fingerprint density at radius 1 is 1.35 bits per heavy atom. The molecular formula is C13H19FO2S. The zero-order valence-electron chi connectivity index (χ0n) is 10.3. The number of hydrogen-bond donors (Lipinski definition) is 0. The number of halogens is 1. The number of hydrogen-bond acceptors (Lipinski definition) is 2. The van der Waals surface area contributed by atoms with Crippen LogP contribution in [-0.4, -0.2) is 19.9 Å². The first-order chi connectivity index (χ1) is 7.94. The van der Waals surface area contributed by atoms with Crippen molar-refractivity contribution >= 4 is 9.84 Å². The predicted molar refractivity (Wildman–Crippen MR) is 68.4 cm³/mol. The lowest BCUT2D eigenvalue weighted by Crippen LogP contribution is -2.16. The highest BCUT2D eigenvalue weighted by molar-refractivity contribution is 7.91. The highest BCUT2D eigenvalue weighted by Gasteiger charge is 2.16. The van der Waals surface area contributed by atoms with Gasteiger partial charge in [0.2, 0.25) is 0 Å². The van der Waals surface area contributed by atoms with E-state index < -0.39 is 9.84 Å². The summed E-state index contributed by atoms with van der Waals surface area (Å²) in [6.45, 7) is 3.78. The Labute approximate surface area is 103 Å². The normalized spacial score (nSPS) is 13.6. The lowest BCUT2D eigenvalue weighted by atomic mass is 10.0. The Morgan fingerprint density at radius 3 is 2.65 bits per heavy atom. The predicted octanol–water partition coefficient (Wildman–Crippen LogP) is 3.14. The maximum absolute atomic E-state index is 13.0. The van der Waals surface area contributed by atoms with Gasteiger partial charge in [0.1, 0.15) is 5.82 Å². The number of rotatable bonds is 6. The molecule has 1 rings (SSSR count). The first kappa shape index (κ1) is 14.2. The summed E-state index contributed by atoms with van der Waals surface area (Å²) < 4.78 is 36.5. The molecule has 0 unspecified atom stereocenters. The average molecular weight is 258 g/mol. The topological polar surface area (TPSA) is 34.1 Å². The molecule has 0 fully saturated rings. The van der Waals surface area contributed by atoms with Crippen LogP contribution in [0.3, 0.4) is 0 Å². The summed E-state index contributed by atoms with van der Waals surface area (Å²) in [5, 5.41) is 0. The van der Waals surface area contributed by atoms with Crippen molar-refractivity contribution in [1.29, 1.82) is 0 Å². The maximum atomic E-state index is 13.0. The molecule has 0 radical (unpaired) electrons. The smallest absolute Gasteiger partial charge is 0.150 e. The van der Waals surface area contributed by atoms with Gasteiger partial charge in [-0.25, -0.2) is 12.8 Å². The fourth-order valence-corrected chi connectivity index (χ4v) is 3.59. The van der Waals surface area contributed by atoms with E-state index in [1.54, 1.807) is 12.1 Å². The van der Waals surface area contributed by atoms with Crippen LogP contribution in [-0.2, 0) is 9.84 Å². The molecule has 1 atom stereocenters. The standard InChI is InChI=1S/C13H19FO2S/c1-3-4-8-17(15,16)10-11(2)12-6-5-7-13(14)9-12/h5-7,9,11H,3-4,8,10H2,1-2H3/t11-/m0/s1. The summed E-state index contributed by atoms with van der Waals surface area (Å²) in [5.74, 6) is -0.160. The molecule has 4 heteroatoms. The molecule has 0 saturated carbocycles. The van der Waals surface area contributed by atoms with Crippen LogP contribution >= 0.6 is 0 Å². The molecular weight excluding hydrogens is 239 g/mol. The lowest BCUT2D eigenvalue weighted by Gasteiger charge is -2.12. The molecule has 0 amide bonds. The van der Waals surface area contributed by atoms with E-state index in [0.29, 0.717) is 6.42 Å². The number of benzene rings is 1. The zero-order chi connectivity index (χ0) is 12.9. The highest BCUT2D eigenvalue weighted by Crippen LogP contribution is 2.18. The quantitative estimate of drug-likeness (QED) is 0.785. The minimum absolute atomic E-state index is 0.0937. The number of unbranched alkanes of at least 4 members (excludes halogenated alkanes) is 1. The molecule has 0 aliphatic carbocycles. The van der Waals surface area contributed by atoms with E-state index in [2.05, 4.69) is 0 Å². The largest absolute Gasteiger partial charge is 0.229 e. The van der Waals surface area contributed by atoms with Gasteiger partial charge >= 0.3 is 0 Å². The monoisotopic (exact) mass is 258 g/mol. The summed E-state index contributed by atoms with van der Waals surface area (Å²) >= 11 is 0. The van der Waals surface area contributed by atoms with Gasteiger partial charge in [-0.2, -0.15) is 0 Å². The van der Waals surface area contributed by atoms with Crippen LogP contribution in [0, 0.1) is 5.82 Å². The molecule has 2 nitrogen and oxygen atoms in total. The van der Waals surface area contributed by atoms with Crippen molar-refractivity contribution in [2.75, 3.05) is 11.5 Å². The molecule has 0 heterocycles. The van der Waals surface area contributed by atoms with Crippen LogP contribution in [0.5, 0.6) is 0 Å². The Hall–Kier alpha value is -0.900. The van der Waals surface area contributed by atoms with Gasteiger partial charge in [0.05, 0.1) is 11.5 Å². The van der Waals surface area contributed by atoms with Crippen molar-refractivity contribution < 1.29 is 12.8 Å². The molecule has 1 aromatic carbocycles. The first-order valence-electron chi connectivity index (χ1n) is 5.90. The third-order valence-electron chi connectivity index (χ3n) is 2.73. The van der Waals surface area contributed by atoms with Crippen molar-refractivity contribution in [3.63, 3.8) is 0 Å². The van der Waals surface area contributed by atoms with Crippen LogP contribution in [0.4, 0.5) is 4.39 Å². The van der Waals surface area contributed by atoms with E-state index in [4.69, 9.17) is 0 Å². The van der Waals surface area contributed by atoms with Crippen LogP contribution in [0.25, 0.3) is 0 Å². The van der Waals surface area contributed by atoms with Gasteiger partial charge in [-0.05, 0) is 30.0 Å². The second kappa shape index (κ2) is 6.15. The van der Waals surface area contributed by atoms with Crippen molar-refractivity contribution in [3.05, 3.63) is 35.6 Å². The van der Waals surface area contributed by atoms with Gasteiger partial charge in [-0.1, -0.05) is 32.4 Å². The van der Waals surface area contributed by atoms with Gasteiger partial charge in [0.15, 0.2) is 9.84 Å². The molecule has 0 spiro atoms. The SMILES string of the molecule is CCCCS(=O)(=O)C[C@H](C)c1cccc(F)c1. The third kappa shape index (κ3) is 4.86. The molecule has 96 valence electrons. The van der Waals surface area contributed by atoms with Crippen LogP contribution in [0.15, 0.2) is 24.3 Å². The molecule has 0 saturated heterocycles. The van der Waals surface area contributed by atoms with E-state index in [1.807, 2.05) is 13.8 Å². The lowest BCUT2D eigenvalue weighted by molar-refractivity contribution is 0.586.